The zero-order chi connectivity index (χ0) is 24.6. The van der Waals surface area contributed by atoms with E-state index in [0.29, 0.717) is 39.7 Å². The van der Waals surface area contributed by atoms with Crippen LogP contribution in [-0.4, -0.2) is 10.1 Å². The van der Waals surface area contributed by atoms with Gasteiger partial charge in [0.1, 0.15) is 29.6 Å². The highest BCUT2D eigenvalue weighted by atomic mass is 35.5. The maximum atomic E-state index is 6.48. The van der Waals surface area contributed by atoms with Crippen LogP contribution in [-0.2, 0) is 6.61 Å². The van der Waals surface area contributed by atoms with Crippen molar-refractivity contribution in [2.45, 2.75) is 32.3 Å². The number of pyridine rings is 1. The molecule has 0 spiro atoms. The lowest BCUT2D eigenvalue weighted by molar-refractivity contribution is 0.301. The predicted molar refractivity (Wildman–Crippen MR) is 141 cm³/mol. The number of rotatable bonds is 7. The molecule has 2 aromatic heterocycles. The van der Waals surface area contributed by atoms with E-state index < -0.39 is 0 Å². The van der Waals surface area contributed by atoms with Gasteiger partial charge in [0.05, 0.1) is 15.6 Å². The van der Waals surface area contributed by atoms with Gasteiger partial charge in [-0.3, -0.25) is 0 Å². The smallest absolute Gasteiger partial charge is 0.219 e. The standard InChI is InChI=1S/C29H22Cl2N2O3/c1-17-12-13-32-26(14-17)35-25-7-2-4-19-15-20(10-11-21(19)25)34-16-22-28(33-36-29(22)18-8-9-18)27-23(30)5-3-6-24(27)31/h2-7,10-15,18H,8-9,16H2,1H3. The fraction of sp³-hybridized carbons (Fsp3) is 0.172. The van der Waals surface area contributed by atoms with Crippen LogP contribution in [0.15, 0.2) is 77.4 Å². The zero-order valence-electron chi connectivity index (χ0n) is 19.5. The number of fused-ring (bicyclic) bond motifs is 1. The average molecular weight is 517 g/mol. The Morgan fingerprint density at radius 1 is 0.972 bits per heavy atom. The molecule has 3 aromatic carbocycles. The van der Waals surface area contributed by atoms with E-state index in [-0.39, 0.29) is 0 Å². The molecule has 0 atom stereocenters. The van der Waals surface area contributed by atoms with Gasteiger partial charge < -0.3 is 14.0 Å². The summed E-state index contributed by atoms with van der Waals surface area (Å²) < 4.78 is 18.1. The predicted octanol–water partition coefficient (Wildman–Crippen LogP) is 8.75. The second-order valence-corrected chi connectivity index (χ2v) is 9.76. The number of aryl methyl sites for hydroxylation is 1. The minimum Gasteiger partial charge on any atom is -0.489 e. The zero-order valence-corrected chi connectivity index (χ0v) is 21.0. The Bertz CT molecular complexity index is 1560. The number of benzene rings is 3. The molecule has 1 saturated carbocycles. The minimum absolute atomic E-state index is 0.293. The lowest BCUT2D eigenvalue weighted by Gasteiger charge is -2.12. The normalized spacial score (nSPS) is 13.2. The largest absolute Gasteiger partial charge is 0.489 e. The molecule has 0 N–H and O–H groups in total. The van der Waals surface area contributed by atoms with Crippen molar-refractivity contribution in [2.24, 2.45) is 0 Å². The molecule has 7 heteroatoms. The summed E-state index contributed by atoms with van der Waals surface area (Å²) in [6, 6.07) is 21.1. The van der Waals surface area contributed by atoms with E-state index in [1.807, 2.05) is 61.5 Å². The fourth-order valence-corrected chi connectivity index (χ4v) is 4.87. The molecule has 36 heavy (non-hydrogen) atoms. The van der Waals surface area contributed by atoms with Gasteiger partial charge in [0.25, 0.3) is 0 Å². The molecule has 0 amide bonds. The maximum Gasteiger partial charge on any atom is 0.219 e. The highest BCUT2D eigenvalue weighted by molar-refractivity contribution is 6.39. The van der Waals surface area contributed by atoms with Crippen molar-refractivity contribution in [1.29, 1.82) is 0 Å². The summed E-state index contributed by atoms with van der Waals surface area (Å²) in [4.78, 5) is 4.31. The molecule has 0 aliphatic heterocycles. The van der Waals surface area contributed by atoms with Crippen LogP contribution in [0.5, 0.6) is 17.4 Å². The van der Waals surface area contributed by atoms with Gasteiger partial charge in [0.15, 0.2) is 0 Å². The molecule has 0 bridgehead atoms. The summed E-state index contributed by atoms with van der Waals surface area (Å²) in [5.74, 6) is 3.24. The number of nitrogens with zero attached hydrogens (tertiary/aromatic N) is 2. The first-order valence-corrected chi connectivity index (χ1v) is 12.5. The van der Waals surface area contributed by atoms with E-state index in [1.165, 1.54) is 0 Å². The second kappa shape index (κ2) is 9.49. The van der Waals surface area contributed by atoms with Crippen LogP contribution in [0.4, 0.5) is 0 Å². The Morgan fingerprint density at radius 2 is 1.78 bits per heavy atom. The monoisotopic (exact) mass is 516 g/mol. The molecule has 2 heterocycles. The Morgan fingerprint density at radius 3 is 2.56 bits per heavy atom. The summed E-state index contributed by atoms with van der Waals surface area (Å²) in [5.41, 5.74) is 3.28. The molecular weight excluding hydrogens is 495 g/mol. The summed E-state index contributed by atoms with van der Waals surface area (Å²) in [5, 5.41) is 7.37. The van der Waals surface area contributed by atoms with Gasteiger partial charge in [-0.25, -0.2) is 4.98 Å². The molecule has 0 radical (unpaired) electrons. The van der Waals surface area contributed by atoms with E-state index in [0.717, 1.165) is 52.0 Å². The molecule has 1 fully saturated rings. The second-order valence-electron chi connectivity index (χ2n) is 8.95. The number of hydrogen-bond acceptors (Lipinski definition) is 5. The number of ether oxygens (including phenoxy) is 2. The maximum absolute atomic E-state index is 6.48. The van der Waals surface area contributed by atoms with Gasteiger partial charge in [-0.05, 0) is 73.2 Å². The summed E-state index contributed by atoms with van der Waals surface area (Å²) in [6.07, 6.45) is 3.89. The average Bonchev–Trinajstić information content (AvgIpc) is 3.63. The highest BCUT2D eigenvalue weighted by Crippen LogP contribution is 2.46. The molecule has 1 aliphatic rings. The Hall–Kier alpha value is -3.54. The molecule has 5 aromatic rings. The first-order chi connectivity index (χ1) is 17.6. The molecule has 0 unspecified atom stereocenters. The van der Waals surface area contributed by atoms with Crippen LogP contribution in [0.25, 0.3) is 22.0 Å². The third kappa shape index (κ3) is 4.52. The lowest BCUT2D eigenvalue weighted by Crippen LogP contribution is -2.00. The SMILES string of the molecule is Cc1ccnc(Oc2cccc3cc(OCc4c(-c5c(Cl)cccc5Cl)noc4C4CC4)ccc23)c1. The summed E-state index contributed by atoms with van der Waals surface area (Å²) in [6.45, 7) is 2.30. The van der Waals surface area contributed by atoms with Crippen LogP contribution in [0, 0.1) is 6.92 Å². The van der Waals surface area contributed by atoms with E-state index in [9.17, 15) is 0 Å². The minimum atomic E-state index is 0.293. The summed E-state index contributed by atoms with van der Waals surface area (Å²) >= 11 is 13.0. The van der Waals surface area contributed by atoms with E-state index >= 15 is 0 Å². The van der Waals surface area contributed by atoms with Crippen LogP contribution in [0.3, 0.4) is 0 Å². The van der Waals surface area contributed by atoms with Crippen molar-refractivity contribution < 1.29 is 14.0 Å². The fourth-order valence-electron chi connectivity index (χ4n) is 4.29. The van der Waals surface area contributed by atoms with Gasteiger partial charge in [-0.15, -0.1) is 0 Å². The van der Waals surface area contributed by atoms with Gasteiger partial charge in [-0.1, -0.05) is 46.6 Å². The first kappa shape index (κ1) is 22.9. The van der Waals surface area contributed by atoms with Crippen molar-refractivity contribution in [2.75, 3.05) is 0 Å². The number of halogens is 2. The van der Waals surface area contributed by atoms with Crippen molar-refractivity contribution in [1.82, 2.24) is 10.1 Å². The Kier molecular flexibility index (Phi) is 6.04. The Labute approximate surface area is 218 Å². The van der Waals surface area contributed by atoms with Crippen molar-refractivity contribution >= 4 is 34.0 Å². The number of hydrogen-bond donors (Lipinski definition) is 0. The van der Waals surface area contributed by atoms with E-state index in [4.69, 9.17) is 37.2 Å². The highest BCUT2D eigenvalue weighted by Gasteiger charge is 2.33. The number of aromatic nitrogens is 2. The van der Waals surface area contributed by atoms with Crippen molar-refractivity contribution in [3.05, 3.63) is 99.9 Å². The van der Waals surface area contributed by atoms with Gasteiger partial charge >= 0.3 is 0 Å². The van der Waals surface area contributed by atoms with E-state index in [2.05, 4.69) is 10.1 Å². The molecule has 6 rings (SSSR count). The van der Waals surface area contributed by atoms with Crippen LogP contribution < -0.4 is 9.47 Å². The van der Waals surface area contributed by atoms with Gasteiger partial charge in [0.2, 0.25) is 5.88 Å². The van der Waals surface area contributed by atoms with Gasteiger partial charge in [-0.2, -0.15) is 0 Å². The van der Waals surface area contributed by atoms with Crippen LogP contribution in [0.1, 0.15) is 35.6 Å². The van der Waals surface area contributed by atoms with Crippen molar-refractivity contribution in [3.8, 4) is 28.6 Å². The summed E-state index contributed by atoms with van der Waals surface area (Å²) in [7, 11) is 0. The molecule has 5 nitrogen and oxygen atoms in total. The van der Waals surface area contributed by atoms with Crippen molar-refractivity contribution in [3.63, 3.8) is 0 Å². The Balaban J connectivity index is 1.29. The van der Waals surface area contributed by atoms with Crippen LogP contribution in [0.2, 0.25) is 10.0 Å². The molecule has 180 valence electrons. The molecular formula is C29H22Cl2N2O3. The quantitative estimate of drug-likeness (QED) is 0.216. The molecule has 0 saturated heterocycles. The lowest BCUT2D eigenvalue weighted by atomic mass is 10.0. The third-order valence-electron chi connectivity index (χ3n) is 6.27. The van der Waals surface area contributed by atoms with Crippen LogP contribution >= 0.6 is 23.2 Å². The first-order valence-electron chi connectivity index (χ1n) is 11.8. The van der Waals surface area contributed by atoms with Gasteiger partial charge in [0, 0.05) is 29.1 Å². The topological polar surface area (TPSA) is 57.4 Å². The molecule has 1 aliphatic carbocycles. The third-order valence-corrected chi connectivity index (χ3v) is 6.90. The van der Waals surface area contributed by atoms with E-state index in [1.54, 1.807) is 18.3 Å².